The van der Waals surface area contributed by atoms with E-state index in [1.807, 2.05) is 6.92 Å². The largest absolute Gasteiger partial charge is 0.497 e. The number of carbonyl (C=O) groups is 2. The molecule has 1 aromatic carbocycles. The van der Waals surface area contributed by atoms with Gasteiger partial charge < -0.3 is 24.1 Å². The van der Waals surface area contributed by atoms with Crippen LogP contribution >= 0.6 is 0 Å². The molecular weight excluding hydrogens is 340 g/mol. The average molecular weight is 368 g/mol. The van der Waals surface area contributed by atoms with Crippen molar-refractivity contribution in [1.82, 2.24) is 0 Å². The van der Waals surface area contributed by atoms with E-state index in [-0.39, 0.29) is 31.0 Å². The van der Waals surface area contributed by atoms with Gasteiger partial charge in [0.25, 0.3) is 0 Å². The molecule has 0 heterocycles. The highest BCUT2D eigenvalue weighted by Gasteiger charge is 2.15. The summed E-state index contributed by atoms with van der Waals surface area (Å²) in [6, 6.07) is 5.27. The first-order chi connectivity index (χ1) is 12.4. The molecule has 0 unspecified atom stereocenters. The second-order valence-corrected chi connectivity index (χ2v) is 6.08. The fourth-order valence-corrected chi connectivity index (χ4v) is 2.59. The van der Waals surface area contributed by atoms with E-state index in [1.165, 1.54) is 7.11 Å². The second-order valence-electron chi connectivity index (χ2n) is 6.08. The van der Waals surface area contributed by atoms with Crippen molar-refractivity contribution < 1.29 is 33.6 Å². The van der Waals surface area contributed by atoms with Crippen LogP contribution < -0.4 is 9.47 Å². The van der Waals surface area contributed by atoms with Crippen molar-refractivity contribution in [3.63, 3.8) is 0 Å². The van der Waals surface area contributed by atoms with E-state index in [4.69, 9.17) is 24.1 Å². The maximum Gasteiger partial charge on any atom is 0.310 e. The fourth-order valence-electron chi connectivity index (χ4n) is 2.59. The predicted octanol–water partition coefficient (Wildman–Crippen LogP) is 2.84. The lowest BCUT2D eigenvalue weighted by molar-refractivity contribution is -0.147. The molecular formula is C19H28O7. The summed E-state index contributed by atoms with van der Waals surface area (Å²) in [6.45, 7) is 1.82. The van der Waals surface area contributed by atoms with E-state index in [2.05, 4.69) is 0 Å². The molecule has 7 nitrogen and oxygen atoms in total. The van der Waals surface area contributed by atoms with E-state index >= 15 is 0 Å². The van der Waals surface area contributed by atoms with E-state index in [0.717, 1.165) is 5.56 Å². The smallest absolute Gasteiger partial charge is 0.310 e. The number of ether oxygens (including phenoxy) is 4. The van der Waals surface area contributed by atoms with Gasteiger partial charge in [-0.1, -0.05) is 0 Å². The Morgan fingerprint density at radius 3 is 2.15 bits per heavy atom. The molecule has 0 aliphatic heterocycles. The topological polar surface area (TPSA) is 91.3 Å². The molecule has 0 saturated heterocycles. The molecule has 0 amide bonds. The van der Waals surface area contributed by atoms with Gasteiger partial charge in [0.1, 0.15) is 11.5 Å². The van der Waals surface area contributed by atoms with Gasteiger partial charge in [0.15, 0.2) is 0 Å². The summed E-state index contributed by atoms with van der Waals surface area (Å²) in [5.74, 6) is 0.0140. The molecule has 1 rings (SSSR count). The number of hydrogen-bond acceptors (Lipinski definition) is 6. The first-order valence-corrected chi connectivity index (χ1v) is 8.54. The summed E-state index contributed by atoms with van der Waals surface area (Å²) in [5, 5.41) is 8.79. The number of aliphatic carboxylic acids is 1. The van der Waals surface area contributed by atoms with Crippen LogP contribution in [0.15, 0.2) is 18.2 Å². The third kappa shape index (κ3) is 8.20. The van der Waals surface area contributed by atoms with Crippen LogP contribution in [0, 0.1) is 0 Å². The number of carboxylic acid groups (broad SMARTS) is 1. The van der Waals surface area contributed by atoms with E-state index in [0.29, 0.717) is 30.8 Å². The molecule has 1 N–H and O–H groups in total. The minimum Gasteiger partial charge on any atom is -0.497 e. The van der Waals surface area contributed by atoms with Crippen LogP contribution in [0.25, 0.3) is 0 Å². The third-order valence-electron chi connectivity index (χ3n) is 3.96. The molecule has 7 heteroatoms. The number of carboxylic acids is 1. The van der Waals surface area contributed by atoms with Gasteiger partial charge in [-0.2, -0.15) is 0 Å². The zero-order valence-electron chi connectivity index (χ0n) is 15.8. The first kappa shape index (κ1) is 21.8. The highest BCUT2D eigenvalue weighted by atomic mass is 16.5. The van der Waals surface area contributed by atoms with Crippen molar-refractivity contribution in [1.29, 1.82) is 0 Å². The Balaban J connectivity index is 2.44. The summed E-state index contributed by atoms with van der Waals surface area (Å²) < 4.78 is 20.9. The van der Waals surface area contributed by atoms with Gasteiger partial charge in [0.2, 0.25) is 0 Å². The number of rotatable bonds is 12. The van der Waals surface area contributed by atoms with Crippen LogP contribution in [0.4, 0.5) is 0 Å². The zero-order chi connectivity index (χ0) is 19.5. The van der Waals surface area contributed by atoms with Gasteiger partial charge in [-0.05, 0) is 43.9 Å². The van der Waals surface area contributed by atoms with Crippen LogP contribution in [0.2, 0.25) is 0 Å². The molecule has 26 heavy (non-hydrogen) atoms. The molecule has 0 spiro atoms. The van der Waals surface area contributed by atoms with Gasteiger partial charge in [-0.25, -0.2) is 0 Å². The normalized spacial score (nSPS) is 12.9. The zero-order valence-corrected chi connectivity index (χ0v) is 15.8. The molecule has 0 fully saturated rings. The molecule has 0 aliphatic carbocycles. The van der Waals surface area contributed by atoms with E-state index < -0.39 is 5.97 Å². The second kappa shape index (κ2) is 11.4. The molecule has 0 saturated carbocycles. The van der Waals surface area contributed by atoms with Crippen molar-refractivity contribution in [2.45, 2.75) is 51.2 Å². The Bertz CT molecular complexity index is 563. The molecule has 0 radical (unpaired) electrons. The minimum absolute atomic E-state index is 0.0255. The molecule has 0 bridgehead atoms. The highest BCUT2D eigenvalue weighted by molar-refractivity contribution is 5.73. The molecule has 0 aliphatic rings. The quantitative estimate of drug-likeness (QED) is 0.567. The monoisotopic (exact) mass is 368 g/mol. The van der Waals surface area contributed by atoms with Gasteiger partial charge >= 0.3 is 11.9 Å². The first-order valence-electron chi connectivity index (χ1n) is 8.54. The van der Waals surface area contributed by atoms with Crippen molar-refractivity contribution in [2.24, 2.45) is 0 Å². The summed E-state index contributed by atoms with van der Waals surface area (Å²) in [7, 11) is 4.60. The third-order valence-corrected chi connectivity index (χ3v) is 3.96. The minimum atomic E-state index is -0.884. The maximum absolute atomic E-state index is 12.1. The lowest BCUT2D eigenvalue weighted by Gasteiger charge is -2.16. The average Bonchev–Trinajstić information content (AvgIpc) is 2.59. The molecule has 0 aromatic heterocycles. The summed E-state index contributed by atoms with van der Waals surface area (Å²) in [4.78, 5) is 22.8. The number of carbonyl (C=O) groups excluding carboxylic acids is 1. The Kier molecular flexibility index (Phi) is 9.51. The number of benzene rings is 1. The van der Waals surface area contributed by atoms with Crippen molar-refractivity contribution in [3.8, 4) is 11.5 Å². The number of hydrogen-bond donors (Lipinski definition) is 1. The van der Waals surface area contributed by atoms with Crippen LogP contribution in [0.5, 0.6) is 11.5 Å². The van der Waals surface area contributed by atoms with Gasteiger partial charge in [0.05, 0.1) is 39.3 Å². The van der Waals surface area contributed by atoms with Crippen molar-refractivity contribution in [2.75, 3.05) is 21.3 Å². The van der Waals surface area contributed by atoms with Crippen LogP contribution in [-0.2, 0) is 25.5 Å². The lowest BCUT2D eigenvalue weighted by atomic mass is 10.1. The van der Waals surface area contributed by atoms with Crippen molar-refractivity contribution >= 4 is 11.9 Å². The fraction of sp³-hybridized carbons (Fsp3) is 0.579. The Labute approximate surface area is 154 Å². The van der Waals surface area contributed by atoms with Gasteiger partial charge in [-0.15, -0.1) is 0 Å². The maximum atomic E-state index is 12.1. The standard InChI is InChI=1S/C19H28O7/c1-13(6-5-7-15(23-2)12-18(20)21)26-19(22)10-14-8-16(24-3)11-17(9-14)25-4/h8-9,11,13,15H,5-7,10,12H2,1-4H3,(H,20,21)/t13-,15+/m0/s1. The Morgan fingerprint density at radius 1 is 1.04 bits per heavy atom. The van der Waals surface area contributed by atoms with E-state index in [9.17, 15) is 9.59 Å². The molecule has 146 valence electrons. The van der Waals surface area contributed by atoms with Gasteiger partial charge in [-0.3, -0.25) is 9.59 Å². The highest BCUT2D eigenvalue weighted by Crippen LogP contribution is 2.23. The van der Waals surface area contributed by atoms with Crippen molar-refractivity contribution in [3.05, 3.63) is 23.8 Å². The Morgan fingerprint density at radius 2 is 1.65 bits per heavy atom. The van der Waals surface area contributed by atoms with Crippen LogP contribution in [0.3, 0.4) is 0 Å². The number of esters is 1. The molecule has 2 atom stereocenters. The van der Waals surface area contributed by atoms with E-state index in [1.54, 1.807) is 32.4 Å². The van der Waals surface area contributed by atoms with Crippen LogP contribution in [-0.4, -0.2) is 50.6 Å². The molecule has 1 aromatic rings. The Hall–Kier alpha value is -2.28. The predicted molar refractivity (Wildman–Crippen MR) is 95.7 cm³/mol. The summed E-state index contributed by atoms with van der Waals surface area (Å²) >= 11 is 0. The summed E-state index contributed by atoms with van der Waals surface area (Å²) in [5.41, 5.74) is 0.749. The number of methoxy groups -OCH3 is 3. The summed E-state index contributed by atoms with van der Waals surface area (Å²) in [6.07, 6.45) is 1.49. The lowest BCUT2D eigenvalue weighted by Crippen LogP contribution is -2.19. The SMILES string of the molecule is COc1cc(CC(=O)O[C@@H](C)CCC[C@H](CC(=O)O)OC)cc(OC)c1. The van der Waals surface area contributed by atoms with Crippen LogP contribution in [0.1, 0.15) is 38.2 Å². The van der Waals surface area contributed by atoms with Gasteiger partial charge in [0, 0.05) is 13.2 Å².